The van der Waals surface area contributed by atoms with Gasteiger partial charge in [-0.05, 0) is 32.2 Å². The number of hydrogen-bond donors (Lipinski definition) is 1. The van der Waals surface area contributed by atoms with Crippen molar-refractivity contribution in [2.45, 2.75) is 44.2 Å². The first-order chi connectivity index (χ1) is 8.21. The summed E-state index contributed by atoms with van der Waals surface area (Å²) < 4.78 is 2.15. The summed E-state index contributed by atoms with van der Waals surface area (Å²) >= 11 is 0. The molecule has 0 aromatic carbocycles. The Kier molecular flexibility index (Phi) is 2.71. The fourth-order valence-corrected chi connectivity index (χ4v) is 2.72. The molecule has 3 rings (SSSR count). The first-order valence-electron chi connectivity index (χ1n) is 6.77. The molecule has 1 saturated heterocycles. The summed E-state index contributed by atoms with van der Waals surface area (Å²) in [5, 5.41) is 4.52. The lowest BCUT2D eigenvalue weighted by Crippen LogP contribution is -2.34. The Morgan fingerprint density at radius 3 is 2.71 bits per heavy atom. The molecule has 2 heterocycles. The van der Waals surface area contributed by atoms with Gasteiger partial charge in [0.2, 0.25) is 0 Å². The monoisotopic (exact) mass is 234 g/mol. The van der Waals surface area contributed by atoms with Crippen LogP contribution in [0.15, 0.2) is 12.4 Å². The Morgan fingerprint density at radius 1 is 1.41 bits per heavy atom. The quantitative estimate of drug-likeness (QED) is 0.862. The Bertz CT molecular complexity index is 386. The van der Waals surface area contributed by atoms with Gasteiger partial charge in [-0.1, -0.05) is 6.92 Å². The second-order valence-corrected chi connectivity index (χ2v) is 5.53. The van der Waals surface area contributed by atoms with Crippen molar-refractivity contribution in [3.05, 3.63) is 18.0 Å². The molecule has 0 unspecified atom stereocenters. The molecule has 17 heavy (non-hydrogen) atoms. The molecule has 1 aromatic heterocycles. The van der Waals surface area contributed by atoms with Gasteiger partial charge < -0.3 is 10.6 Å². The molecule has 0 bridgehead atoms. The minimum atomic E-state index is -0.0393. The van der Waals surface area contributed by atoms with Crippen molar-refractivity contribution in [3.8, 4) is 0 Å². The van der Waals surface area contributed by atoms with Gasteiger partial charge in [0.1, 0.15) is 0 Å². The largest absolute Gasteiger partial charge is 0.321 e. The summed E-state index contributed by atoms with van der Waals surface area (Å²) in [6, 6.07) is 0.578. The van der Waals surface area contributed by atoms with E-state index in [1.165, 1.54) is 38.0 Å². The standard InChI is InChI=1S/C13H22N4/c1-2-16-7-3-12(4-8-16)17-10-11(9-15-17)13(14)5-6-13/h9-10,12H,2-8,14H2,1H3. The average Bonchev–Trinajstić information content (AvgIpc) is 2.94. The fourth-order valence-electron chi connectivity index (χ4n) is 2.72. The molecule has 4 heteroatoms. The van der Waals surface area contributed by atoms with E-state index in [9.17, 15) is 0 Å². The highest BCUT2D eigenvalue weighted by Crippen LogP contribution is 2.42. The van der Waals surface area contributed by atoms with E-state index in [1.807, 2.05) is 6.20 Å². The van der Waals surface area contributed by atoms with Crippen LogP contribution in [-0.2, 0) is 5.54 Å². The van der Waals surface area contributed by atoms with Crippen molar-refractivity contribution >= 4 is 0 Å². The smallest absolute Gasteiger partial charge is 0.0543 e. The summed E-state index contributed by atoms with van der Waals surface area (Å²) in [5.41, 5.74) is 7.39. The van der Waals surface area contributed by atoms with Crippen LogP contribution in [0.3, 0.4) is 0 Å². The fraction of sp³-hybridized carbons (Fsp3) is 0.769. The van der Waals surface area contributed by atoms with E-state index >= 15 is 0 Å². The maximum absolute atomic E-state index is 6.19. The topological polar surface area (TPSA) is 47.1 Å². The number of hydrogen-bond acceptors (Lipinski definition) is 3. The van der Waals surface area contributed by atoms with Crippen LogP contribution in [-0.4, -0.2) is 34.3 Å². The second-order valence-electron chi connectivity index (χ2n) is 5.53. The molecule has 1 aliphatic heterocycles. The van der Waals surface area contributed by atoms with Crippen LogP contribution >= 0.6 is 0 Å². The number of piperidine rings is 1. The first kappa shape index (κ1) is 11.2. The first-order valence-corrected chi connectivity index (χ1v) is 6.77. The summed E-state index contributed by atoms with van der Waals surface area (Å²) in [5.74, 6) is 0. The normalized spacial score (nSPS) is 25.1. The van der Waals surface area contributed by atoms with E-state index in [1.54, 1.807) is 0 Å². The number of rotatable bonds is 3. The molecule has 4 nitrogen and oxygen atoms in total. The molecule has 0 amide bonds. The van der Waals surface area contributed by atoms with Crippen LogP contribution in [0.1, 0.15) is 44.2 Å². The van der Waals surface area contributed by atoms with Crippen LogP contribution < -0.4 is 5.73 Å². The highest BCUT2D eigenvalue weighted by Gasteiger charge is 2.41. The Labute approximate surface area is 103 Å². The molecule has 1 aliphatic carbocycles. The number of aromatic nitrogens is 2. The summed E-state index contributed by atoms with van der Waals surface area (Å²) in [6.07, 6.45) is 8.82. The molecule has 0 spiro atoms. The van der Waals surface area contributed by atoms with E-state index < -0.39 is 0 Å². The van der Waals surface area contributed by atoms with Crippen LogP contribution in [0.25, 0.3) is 0 Å². The lowest BCUT2D eigenvalue weighted by Gasteiger charge is -2.31. The van der Waals surface area contributed by atoms with Crippen LogP contribution in [0.4, 0.5) is 0 Å². The Morgan fingerprint density at radius 2 is 2.12 bits per heavy atom. The van der Waals surface area contributed by atoms with E-state index in [0.717, 1.165) is 12.8 Å². The molecule has 2 N–H and O–H groups in total. The van der Waals surface area contributed by atoms with Crippen molar-refractivity contribution in [1.29, 1.82) is 0 Å². The van der Waals surface area contributed by atoms with E-state index in [-0.39, 0.29) is 5.54 Å². The number of nitrogens with zero attached hydrogens (tertiary/aromatic N) is 3. The molecule has 2 fully saturated rings. The highest BCUT2D eigenvalue weighted by atomic mass is 15.3. The van der Waals surface area contributed by atoms with E-state index in [0.29, 0.717) is 6.04 Å². The van der Waals surface area contributed by atoms with Gasteiger partial charge in [0, 0.05) is 30.4 Å². The lowest BCUT2D eigenvalue weighted by molar-refractivity contribution is 0.187. The Hall–Kier alpha value is -0.870. The van der Waals surface area contributed by atoms with Gasteiger partial charge in [0.05, 0.1) is 12.2 Å². The van der Waals surface area contributed by atoms with Gasteiger partial charge in [-0.15, -0.1) is 0 Å². The maximum atomic E-state index is 6.19. The molecule has 0 atom stereocenters. The van der Waals surface area contributed by atoms with Crippen molar-refractivity contribution in [3.63, 3.8) is 0 Å². The van der Waals surface area contributed by atoms with Gasteiger partial charge in [-0.2, -0.15) is 5.10 Å². The summed E-state index contributed by atoms with van der Waals surface area (Å²) in [4.78, 5) is 2.51. The maximum Gasteiger partial charge on any atom is 0.0543 e. The minimum Gasteiger partial charge on any atom is -0.321 e. The lowest BCUT2D eigenvalue weighted by atomic mass is 10.1. The molecular formula is C13H22N4. The molecule has 94 valence electrons. The van der Waals surface area contributed by atoms with Gasteiger partial charge in [0.15, 0.2) is 0 Å². The minimum absolute atomic E-state index is 0.0393. The highest BCUT2D eigenvalue weighted by molar-refractivity contribution is 5.24. The van der Waals surface area contributed by atoms with E-state index in [2.05, 4.69) is 27.8 Å². The van der Waals surface area contributed by atoms with Gasteiger partial charge in [-0.25, -0.2) is 0 Å². The third-order valence-electron chi connectivity index (χ3n) is 4.34. The Balaban J connectivity index is 1.67. The SMILES string of the molecule is CCN1CCC(n2cc(C3(N)CC3)cn2)CC1. The summed E-state index contributed by atoms with van der Waals surface area (Å²) in [7, 11) is 0. The number of likely N-dealkylation sites (tertiary alicyclic amines) is 1. The molecular weight excluding hydrogens is 212 g/mol. The number of nitrogens with two attached hydrogens (primary N) is 1. The zero-order chi connectivity index (χ0) is 11.9. The van der Waals surface area contributed by atoms with Crippen molar-refractivity contribution in [1.82, 2.24) is 14.7 Å². The second kappa shape index (κ2) is 4.10. The molecule has 0 radical (unpaired) electrons. The molecule has 2 aliphatic rings. The van der Waals surface area contributed by atoms with Crippen LogP contribution in [0.5, 0.6) is 0 Å². The van der Waals surface area contributed by atoms with E-state index in [4.69, 9.17) is 5.73 Å². The van der Waals surface area contributed by atoms with Crippen LogP contribution in [0, 0.1) is 0 Å². The van der Waals surface area contributed by atoms with Crippen molar-refractivity contribution in [2.75, 3.05) is 19.6 Å². The van der Waals surface area contributed by atoms with Crippen molar-refractivity contribution < 1.29 is 0 Å². The summed E-state index contributed by atoms with van der Waals surface area (Å²) in [6.45, 7) is 5.80. The zero-order valence-corrected chi connectivity index (χ0v) is 10.6. The predicted octanol–water partition coefficient (Wildman–Crippen LogP) is 1.49. The average molecular weight is 234 g/mol. The zero-order valence-electron chi connectivity index (χ0n) is 10.6. The van der Waals surface area contributed by atoms with Gasteiger partial charge >= 0.3 is 0 Å². The molecule has 1 saturated carbocycles. The molecule has 1 aromatic rings. The third-order valence-corrected chi connectivity index (χ3v) is 4.34. The van der Waals surface area contributed by atoms with Gasteiger partial charge in [-0.3, -0.25) is 4.68 Å². The van der Waals surface area contributed by atoms with Gasteiger partial charge in [0.25, 0.3) is 0 Å². The predicted molar refractivity (Wildman–Crippen MR) is 67.7 cm³/mol. The van der Waals surface area contributed by atoms with Crippen LogP contribution in [0.2, 0.25) is 0 Å². The third kappa shape index (κ3) is 2.11. The van der Waals surface area contributed by atoms with Crippen molar-refractivity contribution in [2.24, 2.45) is 5.73 Å².